The van der Waals surface area contributed by atoms with Crippen LogP contribution in [0.3, 0.4) is 0 Å². The first-order valence-electron chi connectivity index (χ1n) is 5.77. The van der Waals surface area contributed by atoms with Crippen molar-refractivity contribution >= 4 is 50.5 Å². The first-order valence-corrected chi connectivity index (χ1v) is 7.85. The number of carboxylic acid groups (broad SMARTS) is 1. The summed E-state index contributed by atoms with van der Waals surface area (Å²) in [4.78, 5) is 21.9. The zero-order valence-corrected chi connectivity index (χ0v) is 12.8. The normalized spacial score (nSPS) is 11.1. The van der Waals surface area contributed by atoms with Gasteiger partial charge in [0.05, 0.1) is 5.39 Å². The van der Waals surface area contributed by atoms with Gasteiger partial charge in [0.1, 0.15) is 20.7 Å². The van der Waals surface area contributed by atoms with Crippen LogP contribution < -0.4 is 0 Å². The van der Waals surface area contributed by atoms with Gasteiger partial charge in [0.15, 0.2) is 0 Å². The summed E-state index contributed by atoms with van der Waals surface area (Å²) in [5, 5.41) is 12.1. The van der Waals surface area contributed by atoms with Gasteiger partial charge < -0.3 is 5.11 Å². The van der Waals surface area contributed by atoms with Crippen molar-refractivity contribution < 1.29 is 9.90 Å². The molecule has 0 atom stereocenters. The molecular weight excluding hydrogens is 316 g/mol. The lowest BCUT2D eigenvalue weighted by atomic mass is 10.2. The minimum absolute atomic E-state index is 0.268. The van der Waals surface area contributed by atoms with E-state index in [9.17, 15) is 4.79 Å². The van der Waals surface area contributed by atoms with Crippen LogP contribution in [0.15, 0.2) is 17.5 Å². The zero-order valence-electron chi connectivity index (χ0n) is 10.4. The lowest BCUT2D eigenvalue weighted by Crippen LogP contribution is -1.96. The molecule has 0 saturated heterocycles. The van der Waals surface area contributed by atoms with E-state index in [0.717, 1.165) is 16.2 Å². The van der Waals surface area contributed by atoms with Crippen molar-refractivity contribution in [2.24, 2.45) is 0 Å². The van der Waals surface area contributed by atoms with Crippen LogP contribution in [-0.2, 0) is 6.42 Å². The third-order valence-corrected chi connectivity index (χ3v) is 5.22. The van der Waals surface area contributed by atoms with Crippen LogP contribution >= 0.6 is 34.3 Å². The van der Waals surface area contributed by atoms with E-state index in [0.29, 0.717) is 33.2 Å². The predicted molar refractivity (Wildman–Crippen MR) is 81.2 cm³/mol. The van der Waals surface area contributed by atoms with Gasteiger partial charge >= 0.3 is 5.97 Å². The standard InChI is InChI=1S/C13H9ClN2O2S2/c1-6-9-11(14)15-8(5-7-3-2-4-19-7)16-12(9)20-10(6)13(17)18/h2-4H,5H2,1H3,(H,17,18). The second-order valence-electron chi connectivity index (χ2n) is 4.23. The van der Waals surface area contributed by atoms with E-state index in [1.54, 1.807) is 18.3 Å². The molecule has 3 rings (SSSR count). The van der Waals surface area contributed by atoms with E-state index in [4.69, 9.17) is 16.7 Å². The Morgan fingerprint density at radius 2 is 2.25 bits per heavy atom. The molecule has 102 valence electrons. The maximum atomic E-state index is 11.2. The Labute approximate surface area is 127 Å². The van der Waals surface area contributed by atoms with Crippen molar-refractivity contribution in [1.82, 2.24) is 9.97 Å². The number of nitrogens with zero attached hydrogens (tertiary/aromatic N) is 2. The lowest BCUT2D eigenvalue weighted by molar-refractivity contribution is 0.0701. The highest BCUT2D eigenvalue weighted by molar-refractivity contribution is 7.20. The number of thiophene rings is 2. The molecule has 3 heterocycles. The molecule has 0 aliphatic carbocycles. The van der Waals surface area contributed by atoms with Gasteiger partial charge in [0.25, 0.3) is 0 Å². The van der Waals surface area contributed by atoms with Crippen LogP contribution in [-0.4, -0.2) is 21.0 Å². The van der Waals surface area contributed by atoms with Gasteiger partial charge in [-0.1, -0.05) is 17.7 Å². The molecule has 4 nitrogen and oxygen atoms in total. The number of hydrogen-bond donors (Lipinski definition) is 1. The monoisotopic (exact) mass is 324 g/mol. The Balaban J connectivity index is 2.12. The largest absolute Gasteiger partial charge is 0.477 e. The van der Waals surface area contributed by atoms with E-state index in [1.807, 2.05) is 17.5 Å². The van der Waals surface area contributed by atoms with Crippen molar-refractivity contribution in [2.45, 2.75) is 13.3 Å². The van der Waals surface area contributed by atoms with E-state index in [2.05, 4.69) is 9.97 Å². The van der Waals surface area contributed by atoms with Crippen molar-refractivity contribution in [1.29, 1.82) is 0 Å². The van der Waals surface area contributed by atoms with Crippen LogP contribution in [0, 0.1) is 6.92 Å². The number of aromatic carboxylic acids is 1. The summed E-state index contributed by atoms with van der Waals surface area (Å²) in [5.74, 6) is -0.343. The molecule has 1 N–H and O–H groups in total. The molecule has 7 heteroatoms. The molecule has 3 aromatic heterocycles. The molecule has 0 radical (unpaired) electrons. The number of fused-ring (bicyclic) bond motifs is 1. The summed E-state index contributed by atoms with van der Waals surface area (Å²) in [6, 6.07) is 3.98. The van der Waals surface area contributed by atoms with Crippen molar-refractivity contribution in [3.05, 3.63) is 43.8 Å². The topological polar surface area (TPSA) is 63.1 Å². The Kier molecular flexibility index (Phi) is 3.45. The summed E-state index contributed by atoms with van der Waals surface area (Å²) >= 11 is 8.96. The summed E-state index contributed by atoms with van der Waals surface area (Å²) in [7, 11) is 0. The maximum absolute atomic E-state index is 11.2. The molecule has 0 spiro atoms. The summed E-state index contributed by atoms with van der Waals surface area (Å²) < 4.78 is 0. The van der Waals surface area contributed by atoms with Gasteiger partial charge in [0.2, 0.25) is 0 Å². The Morgan fingerprint density at radius 1 is 1.45 bits per heavy atom. The highest BCUT2D eigenvalue weighted by Crippen LogP contribution is 2.33. The number of aryl methyl sites for hydroxylation is 1. The Hall–Kier alpha value is -1.50. The van der Waals surface area contributed by atoms with E-state index < -0.39 is 5.97 Å². The second kappa shape index (κ2) is 5.12. The number of hydrogen-bond acceptors (Lipinski definition) is 5. The van der Waals surface area contributed by atoms with Crippen LogP contribution in [0.25, 0.3) is 10.2 Å². The van der Waals surface area contributed by atoms with Crippen LogP contribution in [0.1, 0.15) is 25.9 Å². The average Bonchev–Trinajstić information content (AvgIpc) is 2.97. The number of carbonyl (C=O) groups is 1. The quantitative estimate of drug-likeness (QED) is 0.739. The van der Waals surface area contributed by atoms with E-state index in [-0.39, 0.29) is 4.88 Å². The molecule has 0 saturated carbocycles. The molecule has 20 heavy (non-hydrogen) atoms. The third-order valence-electron chi connectivity index (χ3n) is 2.90. The molecular formula is C13H9ClN2O2S2. The lowest BCUT2D eigenvalue weighted by Gasteiger charge is -2.00. The van der Waals surface area contributed by atoms with Crippen LogP contribution in [0.5, 0.6) is 0 Å². The Bertz CT molecular complexity index is 796. The summed E-state index contributed by atoms with van der Waals surface area (Å²) in [6.07, 6.45) is 0.604. The van der Waals surface area contributed by atoms with Gasteiger partial charge in [-0.3, -0.25) is 0 Å². The van der Waals surface area contributed by atoms with Gasteiger partial charge in [-0.15, -0.1) is 22.7 Å². The van der Waals surface area contributed by atoms with E-state index in [1.165, 1.54) is 0 Å². The molecule has 3 aromatic rings. The average molecular weight is 325 g/mol. The van der Waals surface area contributed by atoms with Crippen molar-refractivity contribution in [2.75, 3.05) is 0 Å². The van der Waals surface area contributed by atoms with Crippen molar-refractivity contribution in [3.8, 4) is 0 Å². The van der Waals surface area contributed by atoms with Crippen LogP contribution in [0.2, 0.25) is 5.15 Å². The fraction of sp³-hybridized carbons (Fsp3) is 0.154. The van der Waals surface area contributed by atoms with Gasteiger partial charge in [-0.05, 0) is 23.9 Å². The number of halogens is 1. The smallest absolute Gasteiger partial charge is 0.346 e. The molecule has 0 aliphatic rings. The highest BCUT2D eigenvalue weighted by atomic mass is 35.5. The number of carboxylic acids is 1. The molecule has 0 unspecified atom stereocenters. The number of rotatable bonds is 3. The van der Waals surface area contributed by atoms with E-state index >= 15 is 0 Å². The first-order chi connectivity index (χ1) is 9.56. The fourth-order valence-corrected chi connectivity index (χ4v) is 4.11. The van der Waals surface area contributed by atoms with Gasteiger partial charge in [-0.2, -0.15) is 0 Å². The highest BCUT2D eigenvalue weighted by Gasteiger charge is 2.19. The molecule has 0 aliphatic heterocycles. The molecule has 0 bridgehead atoms. The minimum atomic E-state index is -0.957. The molecule has 0 aromatic carbocycles. The fourth-order valence-electron chi connectivity index (χ4n) is 1.98. The minimum Gasteiger partial charge on any atom is -0.477 e. The van der Waals surface area contributed by atoms with Gasteiger partial charge in [-0.25, -0.2) is 14.8 Å². The van der Waals surface area contributed by atoms with Crippen molar-refractivity contribution in [3.63, 3.8) is 0 Å². The summed E-state index contributed by atoms with van der Waals surface area (Å²) in [6.45, 7) is 1.73. The zero-order chi connectivity index (χ0) is 14.3. The third kappa shape index (κ3) is 2.30. The van der Waals surface area contributed by atoms with Gasteiger partial charge in [0, 0.05) is 11.3 Å². The molecule has 0 amide bonds. The number of aromatic nitrogens is 2. The second-order valence-corrected chi connectivity index (χ2v) is 6.62. The summed E-state index contributed by atoms with van der Waals surface area (Å²) in [5.41, 5.74) is 0.630. The predicted octanol–water partition coefficient (Wildman–Crippen LogP) is 4.00. The first kappa shape index (κ1) is 13.5. The SMILES string of the molecule is Cc1c(C(=O)O)sc2nc(Cc3cccs3)nc(Cl)c12. The maximum Gasteiger partial charge on any atom is 0.346 e. The van der Waals surface area contributed by atoms with Crippen LogP contribution in [0.4, 0.5) is 0 Å². The molecule has 0 fully saturated rings. The Morgan fingerprint density at radius 3 is 2.90 bits per heavy atom.